The number of aromatic nitrogens is 1. The van der Waals surface area contributed by atoms with Gasteiger partial charge in [-0.1, -0.05) is 194 Å². The zero-order valence-corrected chi connectivity index (χ0v) is 36.4. The smallest absolute Gasteiger partial charge is 0.434 e. The number of ether oxygens (including phenoxy) is 1. The first kappa shape index (κ1) is 37.4. The second-order valence-electron chi connectivity index (χ2n) is 17.1. The number of benzene rings is 10. The molecule has 304 valence electrons. The quantitative estimate of drug-likeness (QED) is 0.118. The Balaban J connectivity index is 0.920. The van der Waals surface area contributed by atoms with E-state index in [0.717, 1.165) is 67.2 Å². The highest BCUT2D eigenvalue weighted by molar-refractivity contribution is 7.19. The minimum atomic E-state index is -2.67. The molecule has 3 nitrogen and oxygen atoms in total. The van der Waals surface area contributed by atoms with E-state index in [-0.39, 0.29) is 6.92 Å². The van der Waals surface area contributed by atoms with Gasteiger partial charge in [0.2, 0.25) is 0 Å². The highest BCUT2D eigenvalue weighted by Crippen LogP contribution is 2.42. The third kappa shape index (κ3) is 5.90. The zero-order valence-electron chi connectivity index (χ0n) is 35.4. The lowest BCUT2D eigenvalue weighted by molar-refractivity contribution is 0.480. The molecule has 2 aliphatic heterocycles. The summed E-state index contributed by atoms with van der Waals surface area (Å²) in [5.41, 5.74) is 12.3. The molecule has 0 spiro atoms. The molecule has 0 atom stereocenters. The highest BCUT2D eigenvalue weighted by Gasteiger charge is 2.43. The monoisotopic (exact) mass is 845 g/mol. The number of rotatable bonds is 7. The van der Waals surface area contributed by atoms with E-state index in [0.29, 0.717) is 0 Å². The van der Waals surface area contributed by atoms with Crippen molar-refractivity contribution in [2.24, 2.45) is 0 Å². The summed E-state index contributed by atoms with van der Waals surface area (Å²) in [4.78, 5) is 0. The number of hydrogen-bond acceptors (Lipinski definition) is 2. The summed E-state index contributed by atoms with van der Waals surface area (Å²) in [6.45, 7) is -0.303. The number of nitrogens with zero attached hydrogens (tertiary/aromatic N) is 1. The third-order valence-corrected chi connectivity index (χ3v) is 18.4. The van der Waals surface area contributed by atoms with Crippen molar-refractivity contribution >= 4 is 68.5 Å². The molecule has 0 N–H and O–H groups in total. The van der Waals surface area contributed by atoms with Crippen LogP contribution in [0.4, 0.5) is 0 Å². The Kier molecular flexibility index (Phi) is 8.65. The standard InChI is InChI=1S/C60H40BNO2Si/c1-4-19-46(20-5-1)65(47-21-6-2-7-22-47,48-23-8-3-9-24-48)49-34-31-41(32-35-49)44-38-53-52-27-12-15-30-57(52)64-61-54-36-33-43(39-58(54)63-59(40-44)60(53)61)42-17-16-18-45(37-42)62-55-28-13-10-25-50(55)51-26-11-14-29-56(51)62/h1-40H. The predicted octanol–water partition coefficient (Wildman–Crippen LogP) is 10.8. The second kappa shape index (κ2) is 15.0. The van der Waals surface area contributed by atoms with Crippen LogP contribution in [0.1, 0.15) is 0 Å². The average Bonchev–Trinajstić information content (AvgIpc) is 3.72. The van der Waals surface area contributed by atoms with E-state index >= 15 is 0 Å². The molecule has 0 fully saturated rings. The molecule has 1 aromatic heterocycles. The maximum Gasteiger partial charge on any atom is 0.434 e. The molecule has 13 rings (SSSR count). The first-order valence-electron chi connectivity index (χ1n) is 22.3. The van der Waals surface area contributed by atoms with Crippen molar-refractivity contribution in [2.75, 3.05) is 0 Å². The fourth-order valence-electron chi connectivity index (χ4n) is 10.7. The van der Waals surface area contributed by atoms with Gasteiger partial charge in [0.1, 0.15) is 17.2 Å². The summed E-state index contributed by atoms with van der Waals surface area (Å²) in [6, 6.07) is 88.3. The minimum Gasteiger partial charge on any atom is -0.551 e. The molecule has 0 aliphatic carbocycles. The molecule has 0 saturated heterocycles. The Bertz CT molecular complexity index is 3460. The minimum absolute atomic E-state index is 0.303. The molecule has 2 aliphatic rings. The molecule has 0 radical (unpaired) electrons. The number of fused-ring (bicyclic) bond motifs is 7. The topological polar surface area (TPSA) is 23.4 Å². The highest BCUT2D eigenvalue weighted by atomic mass is 28.3. The molecule has 0 unspecified atom stereocenters. The van der Waals surface area contributed by atoms with Crippen molar-refractivity contribution < 1.29 is 9.39 Å². The molecule has 5 heteroatoms. The number of para-hydroxylation sites is 3. The van der Waals surface area contributed by atoms with Crippen LogP contribution in [0.5, 0.6) is 17.2 Å². The largest absolute Gasteiger partial charge is 0.551 e. The molecule has 10 aromatic carbocycles. The van der Waals surface area contributed by atoms with Crippen LogP contribution in [0.3, 0.4) is 0 Å². The molecular formula is C60H40BNO2Si. The Labute approximate surface area is 379 Å². The Morgan fingerprint density at radius 1 is 0.354 bits per heavy atom. The van der Waals surface area contributed by atoms with Crippen molar-refractivity contribution in [2.45, 2.75) is 0 Å². The zero-order chi connectivity index (χ0) is 42.9. The maximum atomic E-state index is 7.05. The van der Waals surface area contributed by atoms with Gasteiger partial charge in [0.15, 0.2) is 8.07 Å². The third-order valence-electron chi connectivity index (χ3n) is 13.6. The lowest BCUT2D eigenvalue weighted by Gasteiger charge is -2.34. The summed E-state index contributed by atoms with van der Waals surface area (Å²) < 4.78 is 16.3. The van der Waals surface area contributed by atoms with Gasteiger partial charge >= 0.3 is 6.92 Å². The van der Waals surface area contributed by atoms with Crippen LogP contribution in [-0.4, -0.2) is 19.6 Å². The summed E-state index contributed by atoms with van der Waals surface area (Å²) in [7, 11) is -2.67. The molecule has 0 amide bonds. The normalized spacial score (nSPS) is 12.5. The average molecular weight is 846 g/mol. The van der Waals surface area contributed by atoms with Crippen molar-refractivity contribution in [3.63, 3.8) is 0 Å². The van der Waals surface area contributed by atoms with Crippen LogP contribution in [0.15, 0.2) is 243 Å². The van der Waals surface area contributed by atoms with Gasteiger partial charge in [-0.05, 0) is 97.1 Å². The van der Waals surface area contributed by atoms with Crippen LogP contribution in [0.2, 0.25) is 0 Å². The molecule has 11 aromatic rings. The van der Waals surface area contributed by atoms with E-state index in [9.17, 15) is 0 Å². The van der Waals surface area contributed by atoms with Gasteiger partial charge in [-0.25, -0.2) is 0 Å². The van der Waals surface area contributed by atoms with E-state index < -0.39 is 8.07 Å². The molecule has 3 heterocycles. The molecule has 0 bridgehead atoms. The van der Waals surface area contributed by atoms with E-state index in [2.05, 4.69) is 247 Å². The maximum absolute atomic E-state index is 7.05. The van der Waals surface area contributed by atoms with E-state index in [1.807, 2.05) is 0 Å². The van der Waals surface area contributed by atoms with Gasteiger partial charge in [0.25, 0.3) is 0 Å². The Morgan fingerprint density at radius 2 is 0.892 bits per heavy atom. The van der Waals surface area contributed by atoms with Crippen LogP contribution in [0.25, 0.3) is 60.9 Å². The second-order valence-corrected chi connectivity index (χ2v) is 20.9. The summed E-state index contributed by atoms with van der Waals surface area (Å²) in [6.07, 6.45) is 0. The first-order valence-corrected chi connectivity index (χ1v) is 24.3. The van der Waals surface area contributed by atoms with Crippen LogP contribution < -0.4 is 41.1 Å². The van der Waals surface area contributed by atoms with Crippen LogP contribution in [0, 0.1) is 0 Å². The molecule has 0 saturated carbocycles. The van der Waals surface area contributed by atoms with Crippen LogP contribution in [-0.2, 0) is 0 Å². The Morgan fingerprint density at radius 3 is 1.55 bits per heavy atom. The van der Waals surface area contributed by atoms with Crippen molar-refractivity contribution in [1.82, 2.24) is 4.57 Å². The predicted molar refractivity (Wildman–Crippen MR) is 273 cm³/mol. The van der Waals surface area contributed by atoms with Gasteiger partial charge in [-0.2, -0.15) is 0 Å². The number of hydrogen-bond donors (Lipinski definition) is 0. The fraction of sp³-hybridized carbons (Fsp3) is 0. The van der Waals surface area contributed by atoms with Gasteiger partial charge in [-0.15, -0.1) is 0 Å². The van der Waals surface area contributed by atoms with Gasteiger partial charge in [0, 0.05) is 32.9 Å². The van der Waals surface area contributed by atoms with Crippen molar-refractivity contribution in [3.05, 3.63) is 243 Å². The van der Waals surface area contributed by atoms with Gasteiger partial charge < -0.3 is 14.0 Å². The van der Waals surface area contributed by atoms with Gasteiger partial charge in [-0.3, -0.25) is 0 Å². The Hall–Kier alpha value is -8.12. The first-order chi connectivity index (χ1) is 32.2. The van der Waals surface area contributed by atoms with E-state index in [4.69, 9.17) is 9.39 Å². The summed E-state index contributed by atoms with van der Waals surface area (Å²) in [5, 5.41) is 7.91. The van der Waals surface area contributed by atoms with Crippen molar-refractivity contribution in [3.8, 4) is 56.3 Å². The van der Waals surface area contributed by atoms with E-state index in [1.54, 1.807) is 0 Å². The molecular weight excluding hydrogens is 806 g/mol. The van der Waals surface area contributed by atoms with Gasteiger partial charge in [0.05, 0.1) is 11.0 Å². The lowest BCUT2D eigenvalue weighted by Crippen LogP contribution is -2.74. The van der Waals surface area contributed by atoms with Crippen LogP contribution >= 0.6 is 0 Å². The van der Waals surface area contributed by atoms with E-state index in [1.165, 1.54) is 42.6 Å². The SMILES string of the molecule is c1ccc([Si](c2ccccc2)(c2ccccc2)c2ccc(-c3cc4c5c(c3)-c3ccccc3OB5c3ccc(-c5cccc(-n6c7ccccc7c7ccccc76)c5)cc3O4)cc2)cc1. The summed E-state index contributed by atoms with van der Waals surface area (Å²) in [5.74, 6) is 2.51. The van der Waals surface area contributed by atoms with Crippen molar-refractivity contribution in [1.29, 1.82) is 0 Å². The summed E-state index contributed by atoms with van der Waals surface area (Å²) >= 11 is 0. The fourth-order valence-corrected chi connectivity index (χ4v) is 15.5. The molecule has 65 heavy (non-hydrogen) atoms. The lowest BCUT2D eigenvalue weighted by atomic mass is 9.50.